The molecule has 2 rings (SSSR count). The van der Waals surface area contributed by atoms with Crippen LogP contribution in [0.3, 0.4) is 0 Å². The van der Waals surface area contributed by atoms with Crippen LogP contribution in [0.15, 0.2) is 28.7 Å². The van der Waals surface area contributed by atoms with Crippen molar-refractivity contribution in [2.45, 2.75) is 20.8 Å². The first kappa shape index (κ1) is 15.6. The van der Waals surface area contributed by atoms with Crippen LogP contribution in [0.1, 0.15) is 32.6 Å². The number of methoxy groups -OCH3 is 1. The first-order valence-electron chi connectivity index (χ1n) is 6.62. The zero-order chi connectivity index (χ0) is 15.7. The second-order valence-corrected chi connectivity index (χ2v) is 5.93. The van der Waals surface area contributed by atoms with E-state index in [1.54, 1.807) is 13.2 Å². The van der Waals surface area contributed by atoms with E-state index >= 15 is 0 Å². The third-order valence-corrected chi connectivity index (χ3v) is 4.45. The zero-order valence-electron chi connectivity index (χ0n) is 12.6. The number of halogens is 1. The van der Waals surface area contributed by atoms with E-state index in [-0.39, 0.29) is 5.78 Å². The normalized spacial score (nSPS) is 10.5. The molecule has 0 spiro atoms. The van der Waals surface area contributed by atoms with Gasteiger partial charge in [0.15, 0.2) is 5.78 Å². The van der Waals surface area contributed by atoms with Gasteiger partial charge in [-0.1, -0.05) is 28.1 Å². The van der Waals surface area contributed by atoms with Crippen molar-refractivity contribution in [3.63, 3.8) is 0 Å². The Kier molecular flexibility index (Phi) is 4.37. The smallest absolute Gasteiger partial charge is 0.199 e. The quantitative estimate of drug-likeness (QED) is 0.668. The molecule has 0 aromatic heterocycles. The highest BCUT2D eigenvalue weighted by Gasteiger charge is 2.23. The molecule has 0 unspecified atom stereocenters. The van der Waals surface area contributed by atoms with Crippen LogP contribution in [0.4, 0.5) is 5.69 Å². The Morgan fingerprint density at radius 3 is 2.38 bits per heavy atom. The molecule has 0 aliphatic heterocycles. The van der Waals surface area contributed by atoms with Crippen molar-refractivity contribution >= 4 is 27.4 Å². The molecule has 0 atom stereocenters. The lowest BCUT2D eigenvalue weighted by Crippen LogP contribution is -2.12. The lowest BCUT2D eigenvalue weighted by molar-refractivity contribution is 0.103. The number of carbonyl (C=O) groups excluding carboxylic acids is 1. The largest absolute Gasteiger partial charge is 0.496 e. The van der Waals surface area contributed by atoms with Crippen LogP contribution in [-0.2, 0) is 0 Å². The number of ketones is 1. The van der Waals surface area contributed by atoms with Gasteiger partial charge in [0.05, 0.1) is 12.7 Å². The number of rotatable bonds is 3. The summed E-state index contributed by atoms with van der Waals surface area (Å²) >= 11 is 3.50. The summed E-state index contributed by atoms with van der Waals surface area (Å²) in [6.07, 6.45) is 0. The van der Waals surface area contributed by atoms with Crippen molar-refractivity contribution in [1.29, 1.82) is 0 Å². The Bertz CT molecular complexity index is 703. The van der Waals surface area contributed by atoms with Gasteiger partial charge >= 0.3 is 0 Å². The highest BCUT2D eigenvalue weighted by Crippen LogP contribution is 2.35. The molecule has 0 amide bonds. The summed E-state index contributed by atoms with van der Waals surface area (Å²) in [6.45, 7) is 5.70. The minimum absolute atomic E-state index is 0.107. The van der Waals surface area contributed by atoms with Gasteiger partial charge in [0.2, 0.25) is 0 Å². The maximum Gasteiger partial charge on any atom is 0.199 e. The molecular weight excluding hydrogens is 330 g/mol. The van der Waals surface area contributed by atoms with Gasteiger partial charge in [-0.05, 0) is 49.6 Å². The molecule has 0 aliphatic rings. The minimum Gasteiger partial charge on any atom is -0.496 e. The van der Waals surface area contributed by atoms with E-state index in [2.05, 4.69) is 15.9 Å². The molecule has 2 aromatic carbocycles. The number of hydrogen-bond donors (Lipinski definition) is 1. The van der Waals surface area contributed by atoms with Crippen LogP contribution in [0.25, 0.3) is 0 Å². The van der Waals surface area contributed by atoms with Gasteiger partial charge in [0, 0.05) is 15.7 Å². The first-order chi connectivity index (χ1) is 9.88. The number of ether oxygens (including phenoxy) is 1. The topological polar surface area (TPSA) is 52.3 Å². The van der Waals surface area contributed by atoms with Crippen molar-refractivity contribution in [3.8, 4) is 5.75 Å². The Hall–Kier alpha value is -1.81. The summed E-state index contributed by atoms with van der Waals surface area (Å²) in [5.41, 5.74) is 10.2. The first-order valence-corrected chi connectivity index (χ1v) is 7.41. The SMILES string of the molecule is COc1c(C)cc(Br)c(C)c1C(=O)c1c(C)cccc1N. The Morgan fingerprint density at radius 2 is 1.81 bits per heavy atom. The van der Waals surface area contributed by atoms with Crippen LogP contribution < -0.4 is 10.5 Å². The summed E-state index contributed by atoms with van der Waals surface area (Å²) in [7, 11) is 1.58. The standard InChI is InChI=1S/C17H18BrNO2/c1-9-6-5-7-13(19)14(9)16(20)15-11(3)12(18)8-10(2)17(15)21-4/h5-8H,19H2,1-4H3. The molecule has 4 heteroatoms. The average molecular weight is 348 g/mol. The summed E-state index contributed by atoms with van der Waals surface area (Å²) < 4.78 is 6.34. The number of hydrogen-bond acceptors (Lipinski definition) is 3. The van der Waals surface area contributed by atoms with E-state index in [1.807, 2.05) is 39.0 Å². The van der Waals surface area contributed by atoms with Crippen molar-refractivity contribution in [3.05, 3.63) is 56.6 Å². The molecule has 0 fully saturated rings. The Morgan fingerprint density at radius 1 is 1.14 bits per heavy atom. The fourth-order valence-electron chi connectivity index (χ4n) is 2.51. The predicted octanol–water partition coefficient (Wildman–Crippen LogP) is 4.20. The van der Waals surface area contributed by atoms with Crippen molar-refractivity contribution < 1.29 is 9.53 Å². The monoisotopic (exact) mass is 347 g/mol. The molecule has 110 valence electrons. The zero-order valence-corrected chi connectivity index (χ0v) is 14.2. The number of anilines is 1. The van der Waals surface area contributed by atoms with E-state index in [1.165, 1.54) is 0 Å². The van der Waals surface area contributed by atoms with E-state index in [4.69, 9.17) is 10.5 Å². The molecule has 2 aromatic rings. The van der Waals surface area contributed by atoms with Crippen LogP contribution in [-0.4, -0.2) is 12.9 Å². The highest BCUT2D eigenvalue weighted by atomic mass is 79.9. The lowest BCUT2D eigenvalue weighted by Gasteiger charge is -2.17. The molecule has 2 N–H and O–H groups in total. The third kappa shape index (κ3) is 2.68. The summed E-state index contributed by atoms with van der Waals surface area (Å²) in [6, 6.07) is 7.42. The number of benzene rings is 2. The number of aryl methyl sites for hydroxylation is 2. The highest BCUT2D eigenvalue weighted by molar-refractivity contribution is 9.10. The van der Waals surface area contributed by atoms with E-state index in [9.17, 15) is 4.79 Å². The van der Waals surface area contributed by atoms with Crippen molar-refractivity contribution in [1.82, 2.24) is 0 Å². The molecule has 0 radical (unpaired) electrons. The van der Waals surface area contributed by atoms with Gasteiger partial charge in [-0.25, -0.2) is 0 Å². The van der Waals surface area contributed by atoms with Gasteiger partial charge in [-0.15, -0.1) is 0 Å². The Labute approximate surface area is 133 Å². The van der Waals surface area contributed by atoms with E-state index in [0.717, 1.165) is 21.2 Å². The van der Waals surface area contributed by atoms with Crippen LogP contribution in [0, 0.1) is 20.8 Å². The molecule has 21 heavy (non-hydrogen) atoms. The number of nitrogen functional groups attached to an aromatic ring is 1. The van der Waals surface area contributed by atoms with Crippen LogP contribution >= 0.6 is 15.9 Å². The Balaban J connectivity index is 2.75. The minimum atomic E-state index is -0.107. The van der Waals surface area contributed by atoms with Crippen LogP contribution in [0.2, 0.25) is 0 Å². The summed E-state index contributed by atoms with van der Waals surface area (Å²) in [4.78, 5) is 13.0. The second kappa shape index (κ2) is 5.90. The lowest BCUT2D eigenvalue weighted by atomic mass is 9.92. The van der Waals surface area contributed by atoms with Crippen molar-refractivity contribution in [2.24, 2.45) is 0 Å². The van der Waals surface area contributed by atoms with Gasteiger partial charge in [-0.2, -0.15) is 0 Å². The second-order valence-electron chi connectivity index (χ2n) is 5.08. The molecule has 0 bridgehead atoms. The van der Waals surface area contributed by atoms with E-state index in [0.29, 0.717) is 22.6 Å². The third-order valence-electron chi connectivity index (χ3n) is 3.62. The van der Waals surface area contributed by atoms with Crippen molar-refractivity contribution in [2.75, 3.05) is 12.8 Å². The molecule has 0 heterocycles. The molecular formula is C17H18BrNO2. The van der Waals surface area contributed by atoms with Gasteiger partial charge in [0.25, 0.3) is 0 Å². The van der Waals surface area contributed by atoms with Gasteiger partial charge < -0.3 is 10.5 Å². The fourth-order valence-corrected chi connectivity index (χ4v) is 3.05. The summed E-state index contributed by atoms with van der Waals surface area (Å²) in [5.74, 6) is 0.493. The number of nitrogens with two attached hydrogens (primary N) is 1. The predicted molar refractivity (Wildman–Crippen MR) is 89.2 cm³/mol. The molecule has 0 aliphatic carbocycles. The molecule has 0 saturated carbocycles. The van der Waals surface area contributed by atoms with E-state index < -0.39 is 0 Å². The molecule has 0 saturated heterocycles. The van der Waals surface area contributed by atoms with Gasteiger partial charge in [-0.3, -0.25) is 4.79 Å². The fraction of sp³-hybridized carbons (Fsp3) is 0.235. The number of carbonyl (C=O) groups is 1. The summed E-state index contributed by atoms with van der Waals surface area (Å²) in [5, 5.41) is 0. The van der Waals surface area contributed by atoms with Gasteiger partial charge in [0.1, 0.15) is 5.75 Å². The maximum absolute atomic E-state index is 13.0. The van der Waals surface area contributed by atoms with Crippen LogP contribution in [0.5, 0.6) is 5.75 Å². The maximum atomic E-state index is 13.0. The average Bonchev–Trinajstić information content (AvgIpc) is 2.42. The molecule has 3 nitrogen and oxygen atoms in total.